The van der Waals surface area contributed by atoms with Crippen LogP contribution in [0.25, 0.3) is 0 Å². The van der Waals surface area contributed by atoms with Crippen LogP contribution in [0.1, 0.15) is 28.6 Å². The topological polar surface area (TPSA) is 35.5 Å². The second-order valence-electron chi connectivity index (χ2n) is 3.57. The van der Waals surface area contributed by atoms with Gasteiger partial charge in [0.1, 0.15) is 6.10 Å². The first kappa shape index (κ1) is 8.15. The minimum atomic E-state index is -0.331. The van der Waals surface area contributed by atoms with E-state index in [0.717, 1.165) is 11.1 Å². The van der Waals surface area contributed by atoms with Crippen molar-refractivity contribution < 1.29 is 14.3 Å². The van der Waals surface area contributed by atoms with Gasteiger partial charge in [-0.1, -0.05) is 24.3 Å². The molecule has 0 aromatic heterocycles. The number of rotatable bonds is 0. The monoisotopic (exact) mass is 190 g/mol. The Morgan fingerprint density at radius 3 is 3.07 bits per heavy atom. The Morgan fingerprint density at radius 1 is 1.29 bits per heavy atom. The molecule has 0 radical (unpaired) electrons. The van der Waals surface area contributed by atoms with Crippen LogP contribution in [0.4, 0.5) is 0 Å². The van der Waals surface area contributed by atoms with Crippen molar-refractivity contribution in [1.29, 1.82) is 0 Å². The highest BCUT2D eigenvalue weighted by Crippen LogP contribution is 2.35. The summed E-state index contributed by atoms with van der Waals surface area (Å²) in [5.74, 6) is 0.0974. The fraction of sp³-hybridized carbons (Fsp3) is 0.364. The Morgan fingerprint density at radius 2 is 2.14 bits per heavy atom. The lowest BCUT2D eigenvalue weighted by molar-refractivity contribution is -0.208. The molecular formula is C11H10O3. The van der Waals surface area contributed by atoms with E-state index in [0.29, 0.717) is 13.0 Å². The Hall–Kier alpha value is -1.19. The molecule has 72 valence electrons. The molecule has 0 saturated carbocycles. The summed E-state index contributed by atoms with van der Waals surface area (Å²) in [5.41, 5.74) is 1.63. The van der Waals surface area contributed by atoms with Crippen LogP contribution in [0.15, 0.2) is 24.3 Å². The maximum Gasteiger partial charge on any atom is 0.192 e. The predicted octanol–water partition coefficient (Wildman–Crippen LogP) is 1.69. The highest BCUT2D eigenvalue weighted by Gasteiger charge is 2.37. The molecule has 0 N–H and O–H groups in total. The normalized spacial score (nSPS) is 29.9. The lowest BCUT2D eigenvalue weighted by Crippen LogP contribution is -2.38. The van der Waals surface area contributed by atoms with E-state index < -0.39 is 0 Å². The fourth-order valence-electron chi connectivity index (χ4n) is 1.99. The zero-order valence-corrected chi connectivity index (χ0v) is 7.60. The molecule has 0 amide bonds. The van der Waals surface area contributed by atoms with Crippen molar-refractivity contribution in [2.24, 2.45) is 0 Å². The fourth-order valence-corrected chi connectivity index (χ4v) is 1.99. The van der Waals surface area contributed by atoms with Gasteiger partial charge in [-0.2, -0.15) is 0 Å². The van der Waals surface area contributed by atoms with E-state index in [1.807, 2.05) is 24.3 Å². The van der Waals surface area contributed by atoms with Crippen molar-refractivity contribution in [2.45, 2.75) is 18.8 Å². The number of ketones is 1. The van der Waals surface area contributed by atoms with Crippen LogP contribution in [0, 0.1) is 0 Å². The third-order valence-electron chi connectivity index (χ3n) is 2.71. The van der Waals surface area contributed by atoms with Gasteiger partial charge in [-0.05, 0) is 0 Å². The van der Waals surface area contributed by atoms with Crippen LogP contribution in [-0.2, 0) is 9.47 Å². The summed E-state index contributed by atoms with van der Waals surface area (Å²) < 4.78 is 10.9. The van der Waals surface area contributed by atoms with Crippen molar-refractivity contribution in [3.8, 4) is 0 Å². The Bertz CT molecular complexity index is 386. The Balaban J connectivity index is 2.15. The smallest absolute Gasteiger partial charge is 0.192 e. The van der Waals surface area contributed by atoms with Gasteiger partial charge in [0.15, 0.2) is 12.1 Å². The maximum atomic E-state index is 11.8. The van der Waals surface area contributed by atoms with Gasteiger partial charge in [0.2, 0.25) is 0 Å². The quantitative estimate of drug-likeness (QED) is 0.624. The molecule has 3 heteroatoms. The van der Waals surface area contributed by atoms with Crippen LogP contribution < -0.4 is 0 Å². The summed E-state index contributed by atoms with van der Waals surface area (Å²) in [6.45, 7) is 0.607. The van der Waals surface area contributed by atoms with Gasteiger partial charge >= 0.3 is 0 Å². The molecule has 1 aromatic carbocycles. The van der Waals surface area contributed by atoms with Gasteiger partial charge in [-0.25, -0.2) is 0 Å². The van der Waals surface area contributed by atoms with E-state index in [9.17, 15) is 4.79 Å². The molecule has 1 saturated heterocycles. The second kappa shape index (κ2) is 2.90. The molecule has 14 heavy (non-hydrogen) atoms. The van der Waals surface area contributed by atoms with Crippen molar-refractivity contribution in [3.05, 3.63) is 35.4 Å². The third-order valence-corrected chi connectivity index (χ3v) is 2.71. The van der Waals surface area contributed by atoms with Crippen molar-refractivity contribution in [1.82, 2.24) is 0 Å². The number of fused-ring (bicyclic) bond motifs is 4. The molecule has 1 aromatic rings. The Labute approximate surface area is 81.6 Å². The van der Waals surface area contributed by atoms with Gasteiger partial charge in [-0.3, -0.25) is 4.79 Å². The number of hydrogen-bond donors (Lipinski definition) is 0. The minimum absolute atomic E-state index is 0.0974. The molecule has 2 heterocycles. The molecule has 0 aliphatic carbocycles. The van der Waals surface area contributed by atoms with Gasteiger partial charge in [0, 0.05) is 17.5 Å². The van der Waals surface area contributed by atoms with Gasteiger partial charge in [-0.15, -0.1) is 0 Å². The predicted molar refractivity (Wildman–Crippen MR) is 49.0 cm³/mol. The number of carbonyl (C=O) groups excluding carboxylic acids is 1. The van der Waals surface area contributed by atoms with E-state index in [2.05, 4.69) is 0 Å². The zero-order chi connectivity index (χ0) is 9.54. The largest absolute Gasteiger partial charge is 0.348 e. The van der Waals surface area contributed by atoms with E-state index in [4.69, 9.17) is 9.47 Å². The van der Waals surface area contributed by atoms with Crippen LogP contribution in [0.5, 0.6) is 0 Å². The Kier molecular flexibility index (Phi) is 1.69. The molecule has 1 fully saturated rings. The lowest BCUT2D eigenvalue weighted by atomic mass is 9.94. The summed E-state index contributed by atoms with van der Waals surface area (Å²) in [7, 11) is 0. The molecule has 2 atom stereocenters. The highest BCUT2D eigenvalue weighted by molar-refractivity contribution is 6.01. The molecular weight excluding hydrogens is 180 g/mol. The lowest BCUT2D eigenvalue weighted by Gasteiger charge is -2.35. The molecule has 2 aliphatic rings. The van der Waals surface area contributed by atoms with Crippen LogP contribution in [-0.4, -0.2) is 18.5 Å². The molecule has 0 unspecified atom stereocenters. The van der Waals surface area contributed by atoms with Gasteiger partial charge < -0.3 is 9.47 Å². The standard InChI is InChI=1S/C11H10O3/c12-10-7-3-1-2-4-8(7)11-13-6-5-9(10)14-11/h1-4,9,11H,5-6H2/t9-,11-/m1/s1. The number of hydrogen-bond acceptors (Lipinski definition) is 3. The average molecular weight is 190 g/mol. The summed E-state index contributed by atoms with van der Waals surface area (Å²) >= 11 is 0. The van der Waals surface area contributed by atoms with Crippen LogP contribution in [0.2, 0.25) is 0 Å². The average Bonchev–Trinajstić information content (AvgIpc) is 2.27. The maximum absolute atomic E-state index is 11.8. The number of carbonyl (C=O) groups is 1. The van der Waals surface area contributed by atoms with Crippen molar-refractivity contribution in [2.75, 3.05) is 6.61 Å². The number of benzene rings is 1. The van der Waals surface area contributed by atoms with Crippen molar-refractivity contribution >= 4 is 5.78 Å². The van der Waals surface area contributed by atoms with Gasteiger partial charge in [0.25, 0.3) is 0 Å². The second-order valence-corrected chi connectivity index (χ2v) is 3.57. The van der Waals surface area contributed by atoms with E-state index in [1.54, 1.807) is 0 Å². The number of ether oxygens (including phenoxy) is 2. The first-order valence-electron chi connectivity index (χ1n) is 4.76. The number of Topliss-reactive ketones (excluding diaryl/α,β-unsaturated/α-hetero) is 1. The molecule has 2 bridgehead atoms. The van der Waals surface area contributed by atoms with Crippen molar-refractivity contribution in [3.63, 3.8) is 0 Å². The molecule has 2 aliphatic heterocycles. The van der Waals surface area contributed by atoms with E-state index in [-0.39, 0.29) is 18.2 Å². The van der Waals surface area contributed by atoms with Crippen LogP contribution >= 0.6 is 0 Å². The summed E-state index contributed by atoms with van der Waals surface area (Å²) in [6.07, 6.45) is 0.0511. The van der Waals surface area contributed by atoms with E-state index in [1.165, 1.54) is 0 Å². The summed E-state index contributed by atoms with van der Waals surface area (Å²) in [6, 6.07) is 7.50. The molecule has 0 spiro atoms. The van der Waals surface area contributed by atoms with E-state index >= 15 is 0 Å². The van der Waals surface area contributed by atoms with Gasteiger partial charge in [0.05, 0.1) is 6.61 Å². The first-order valence-corrected chi connectivity index (χ1v) is 4.76. The summed E-state index contributed by atoms with van der Waals surface area (Å²) in [5, 5.41) is 0. The SMILES string of the molecule is O=C1c2ccccc2[C@@H]2OCC[C@H]1O2. The highest BCUT2D eigenvalue weighted by atomic mass is 16.7. The third kappa shape index (κ3) is 1.03. The summed E-state index contributed by atoms with van der Waals surface area (Å²) in [4.78, 5) is 11.8. The van der Waals surface area contributed by atoms with Crippen LogP contribution in [0.3, 0.4) is 0 Å². The molecule has 3 nitrogen and oxygen atoms in total. The molecule has 3 rings (SSSR count). The zero-order valence-electron chi connectivity index (χ0n) is 7.60. The first-order chi connectivity index (χ1) is 6.86. The minimum Gasteiger partial charge on any atom is -0.348 e.